The zero-order chi connectivity index (χ0) is 14.7. The third kappa shape index (κ3) is 3.26. The van der Waals surface area contributed by atoms with Gasteiger partial charge < -0.3 is 15.5 Å². The van der Waals surface area contributed by atoms with E-state index in [2.05, 4.69) is 33.5 Å². The van der Waals surface area contributed by atoms with E-state index in [-0.39, 0.29) is 6.03 Å². The molecule has 0 saturated carbocycles. The molecule has 114 valence electrons. The van der Waals surface area contributed by atoms with E-state index in [1.54, 1.807) is 0 Å². The standard InChI is InChI=1S/C15H23N5O/c1-2-4-16-12-3-5-17-13(8-12)10-19-6-7-20-14(11-19)9-18-15(20)21/h3,5,8,14H,2,4,6-7,9-11H2,1H3,(H,16,17)(H,18,21). The number of amides is 2. The molecule has 21 heavy (non-hydrogen) atoms. The number of aromatic nitrogens is 1. The van der Waals surface area contributed by atoms with Gasteiger partial charge in [-0.1, -0.05) is 6.92 Å². The minimum atomic E-state index is 0.0866. The van der Waals surface area contributed by atoms with Crippen molar-refractivity contribution in [1.82, 2.24) is 20.1 Å². The van der Waals surface area contributed by atoms with Crippen molar-refractivity contribution in [3.63, 3.8) is 0 Å². The lowest BCUT2D eigenvalue weighted by Crippen LogP contribution is -2.51. The Bertz CT molecular complexity index is 507. The zero-order valence-corrected chi connectivity index (χ0v) is 12.5. The molecular weight excluding hydrogens is 266 g/mol. The molecule has 2 aliphatic heterocycles. The predicted molar refractivity (Wildman–Crippen MR) is 82.2 cm³/mol. The summed E-state index contributed by atoms with van der Waals surface area (Å²) in [6.07, 6.45) is 2.98. The monoisotopic (exact) mass is 289 g/mol. The molecule has 1 aromatic rings. The van der Waals surface area contributed by atoms with E-state index in [1.165, 1.54) is 0 Å². The lowest BCUT2D eigenvalue weighted by Gasteiger charge is -2.36. The fraction of sp³-hybridized carbons (Fsp3) is 0.600. The number of nitrogens with zero attached hydrogens (tertiary/aromatic N) is 3. The summed E-state index contributed by atoms with van der Waals surface area (Å²) in [6.45, 7) is 7.40. The first kappa shape index (κ1) is 14.1. The van der Waals surface area contributed by atoms with Gasteiger partial charge in [-0.05, 0) is 18.6 Å². The van der Waals surface area contributed by atoms with E-state index in [0.717, 1.165) is 57.1 Å². The van der Waals surface area contributed by atoms with Gasteiger partial charge in [-0.3, -0.25) is 9.88 Å². The Hall–Kier alpha value is -1.82. The van der Waals surface area contributed by atoms with Crippen LogP contribution in [0.5, 0.6) is 0 Å². The Morgan fingerprint density at radius 2 is 2.38 bits per heavy atom. The molecule has 1 aromatic heterocycles. The van der Waals surface area contributed by atoms with Crippen LogP contribution < -0.4 is 10.6 Å². The average molecular weight is 289 g/mol. The van der Waals surface area contributed by atoms with Crippen LogP contribution in [0.15, 0.2) is 18.3 Å². The van der Waals surface area contributed by atoms with E-state index >= 15 is 0 Å². The largest absolute Gasteiger partial charge is 0.385 e. The van der Waals surface area contributed by atoms with Crippen molar-refractivity contribution in [2.75, 3.05) is 38.0 Å². The lowest BCUT2D eigenvalue weighted by molar-refractivity contribution is 0.116. The van der Waals surface area contributed by atoms with Gasteiger partial charge in [-0.15, -0.1) is 0 Å². The first-order valence-corrected chi connectivity index (χ1v) is 7.72. The average Bonchev–Trinajstić information content (AvgIpc) is 2.86. The summed E-state index contributed by atoms with van der Waals surface area (Å²) < 4.78 is 0. The highest BCUT2D eigenvalue weighted by Gasteiger charge is 2.35. The van der Waals surface area contributed by atoms with Crippen LogP contribution in [0.3, 0.4) is 0 Å². The smallest absolute Gasteiger partial charge is 0.317 e. The molecule has 0 spiro atoms. The van der Waals surface area contributed by atoms with E-state index in [1.807, 2.05) is 17.2 Å². The minimum absolute atomic E-state index is 0.0866. The highest BCUT2D eigenvalue weighted by Crippen LogP contribution is 2.17. The number of anilines is 1. The Morgan fingerprint density at radius 1 is 1.48 bits per heavy atom. The summed E-state index contributed by atoms with van der Waals surface area (Å²) in [5.74, 6) is 0. The number of fused-ring (bicyclic) bond motifs is 1. The molecule has 0 aliphatic carbocycles. The Kier molecular flexibility index (Phi) is 4.24. The second-order valence-electron chi connectivity index (χ2n) is 5.73. The Labute approximate surface area is 125 Å². The van der Waals surface area contributed by atoms with Crippen molar-refractivity contribution in [3.05, 3.63) is 24.0 Å². The van der Waals surface area contributed by atoms with Crippen LogP contribution in [0, 0.1) is 0 Å². The quantitative estimate of drug-likeness (QED) is 0.852. The third-order valence-electron chi connectivity index (χ3n) is 4.10. The number of nitrogens with one attached hydrogen (secondary N) is 2. The maximum atomic E-state index is 11.6. The molecule has 3 heterocycles. The molecule has 3 rings (SSSR count). The number of hydrogen-bond donors (Lipinski definition) is 2. The zero-order valence-electron chi connectivity index (χ0n) is 12.5. The van der Waals surface area contributed by atoms with Gasteiger partial charge in [0, 0.05) is 51.2 Å². The first-order chi connectivity index (χ1) is 10.3. The summed E-state index contributed by atoms with van der Waals surface area (Å²) in [5.41, 5.74) is 2.22. The molecule has 1 unspecified atom stereocenters. The van der Waals surface area contributed by atoms with Gasteiger partial charge in [-0.2, -0.15) is 0 Å². The summed E-state index contributed by atoms with van der Waals surface area (Å²) in [4.78, 5) is 20.4. The lowest BCUT2D eigenvalue weighted by atomic mass is 10.2. The van der Waals surface area contributed by atoms with Crippen LogP contribution in [0.1, 0.15) is 19.0 Å². The highest BCUT2D eigenvalue weighted by atomic mass is 16.2. The molecule has 0 aromatic carbocycles. The summed E-state index contributed by atoms with van der Waals surface area (Å²) in [6, 6.07) is 4.53. The second-order valence-corrected chi connectivity index (χ2v) is 5.73. The molecular formula is C15H23N5O. The van der Waals surface area contributed by atoms with Gasteiger partial charge in [0.2, 0.25) is 0 Å². The molecule has 0 radical (unpaired) electrons. The molecule has 2 saturated heterocycles. The first-order valence-electron chi connectivity index (χ1n) is 7.72. The van der Waals surface area contributed by atoms with Crippen LogP contribution in [-0.2, 0) is 6.54 Å². The van der Waals surface area contributed by atoms with E-state index in [4.69, 9.17) is 0 Å². The molecule has 2 N–H and O–H groups in total. The summed E-state index contributed by atoms with van der Waals surface area (Å²) >= 11 is 0. The van der Waals surface area contributed by atoms with Crippen LogP contribution in [-0.4, -0.2) is 59.6 Å². The molecule has 2 aliphatic rings. The van der Waals surface area contributed by atoms with Crippen molar-refractivity contribution in [1.29, 1.82) is 0 Å². The van der Waals surface area contributed by atoms with Gasteiger partial charge in [-0.25, -0.2) is 4.79 Å². The number of carbonyl (C=O) groups is 1. The maximum Gasteiger partial charge on any atom is 0.317 e. The fourth-order valence-electron chi connectivity index (χ4n) is 2.99. The van der Waals surface area contributed by atoms with Gasteiger partial charge in [0.25, 0.3) is 0 Å². The number of rotatable bonds is 5. The van der Waals surface area contributed by atoms with Crippen molar-refractivity contribution in [2.24, 2.45) is 0 Å². The molecule has 2 fully saturated rings. The maximum absolute atomic E-state index is 11.6. The topological polar surface area (TPSA) is 60.5 Å². The predicted octanol–water partition coefficient (Wildman–Crippen LogP) is 1.11. The number of carbonyl (C=O) groups excluding carboxylic acids is 1. The Balaban J connectivity index is 1.58. The van der Waals surface area contributed by atoms with E-state index in [0.29, 0.717) is 6.04 Å². The third-order valence-corrected chi connectivity index (χ3v) is 4.10. The van der Waals surface area contributed by atoms with Crippen LogP contribution in [0.25, 0.3) is 0 Å². The normalized spacial score (nSPS) is 22.0. The van der Waals surface area contributed by atoms with Crippen LogP contribution in [0.4, 0.5) is 10.5 Å². The minimum Gasteiger partial charge on any atom is -0.385 e. The molecule has 2 amide bonds. The van der Waals surface area contributed by atoms with Crippen LogP contribution in [0.2, 0.25) is 0 Å². The van der Waals surface area contributed by atoms with E-state index in [9.17, 15) is 4.79 Å². The number of urea groups is 1. The SMILES string of the molecule is CCCNc1ccnc(CN2CCN3C(=O)NCC3C2)c1. The Morgan fingerprint density at radius 3 is 3.24 bits per heavy atom. The summed E-state index contributed by atoms with van der Waals surface area (Å²) in [7, 11) is 0. The van der Waals surface area contributed by atoms with Gasteiger partial charge >= 0.3 is 6.03 Å². The van der Waals surface area contributed by atoms with E-state index < -0.39 is 0 Å². The second kappa shape index (κ2) is 6.30. The molecule has 6 heteroatoms. The number of pyridine rings is 1. The number of hydrogen-bond acceptors (Lipinski definition) is 4. The summed E-state index contributed by atoms with van der Waals surface area (Å²) in [5, 5.41) is 6.31. The number of piperazine rings is 1. The highest BCUT2D eigenvalue weighted by molar-refractivity contribution is 5.77. The molecule has 0 bridgehead atoms. The molecule has 6 nitrogen and oxygen atoms in total. The van der Waals surface area contributed by atoms with Crippen LogP contribution >= 0.6 is 0 Å². The van der Waals surface area contributed by atoms with Crippen molar-refractivity contribution in [2.45, 2.75) is 25.9 Å². The van der Waals surface area contributed by atoms with Crippen molar-refractivity contribution < 1.29 is 4.79 Å². The van der Waals surface area contributed by atoms with Gasteiger partial charge in [0.1, 0.15) is 0 Å². The fourth-order valence-corrected chi connectivity index (χ4v) is 2.99. The van der Waals surface area contributed by atoms with Crippen molar-refractivity contribution >= 4 is 11.7 Å². The molecule has 1 atom stereocenters. The van der Waals surface area contributed by atoms with Crippen molar-refractivity contribution in [3.8, 4) is 0 Å². The van der Waals surface area contributed by atoms with Gasteiger partial charge in [0.05, 0.1) is 11.7 Å². The van der Waals surface area contributed by atoms with Gasteiger partial charge in [0.15, 0.2) is 0 Å².